The smallest absolute Gasteiger partial charge is 0.0299 e. The Morgan fingerprint density at radius 1 is 1.15 bits per heavy atom. The summed E-state index contributed by atoms with van der Waals surface area (Å²) in [6, 6.07) is 0. The summed E-state index contributed by atoms with van der Waals surface area (Å²) < 4.78 is 0. The highest BCUT2D eigenvalue weighted by molar-refractivity contribution is 5.79. The Morgan fingerprint density at radius 3 is 2.92 bits per heavy atom. The van der Waals surface area contributed by atoms with Gasteiger partial charge in [-0.05, 0) is 24.5 Å². The van der Waals surface area contributed by atoms with Gasteiger partial charge in [0, 0.05) is 12.4 Å². The molecule has 0 saturated heterocycles. The summed E-state index contributed by atoms with van der Waals surface area (Å²) in [5, 5.41) is 0. The topological polar surface area (TPSA) is 12.4 Å². The van der Waals surface area contributed by atoms with Gasteiger partial charge in [0.25, 0.3) is 0 Å². The average Bonchev–Trinajstić information content (AvgIpc) is 2.08. The standard InChI is InChI=1S/C12H17N/c1-2-3-5-8-12-9-6-4-7-10-13-11-12/h4,6-7,9-11H,2-3,5,8H2,1H3. The van der Waals surface area contributed by atoms with Gasteiger partial charge >= 0.3 is 0 Å². The second kappa shape index (κ2) is 6.41. The van der Waals surface area contributed by atoms with Gasteiger partial charge in [0.2, 0.25) is 0 Å². The normalized spacial score (nSPS) is 15.3. The fraction of sp³-hybridized carbons (Fsp3) is 0.417. The third-order valence-electron chi connectivity index (χ3n) is 2.01. The van der Waals surface area contributed by atoms with Crippen LogP contribution in [-0.4, -0.2) is 6.21 Å². The van der Waals surface area contributed by atoms with E-state index in [0.717, 1.165) is 6.42 Å². The quantitative estimate of drug-likeness (QED) is 0.578. The predicted molar refractivity (Wildman–Crippen MR) is 59.0 cm³/mol. The van der Waals surface area contributed by atoms with E-state index < -0.39 is 0 Å². The first-order chi connectivity index (χ1) is 6.43. The SMILES string of the molecule is CCCCCC1=CC=CC=CN=C1. The molecule has 0 radical (unpaired) electrons. The molecule has 70 valence electrons. The molecule has 0 N–H and O–H groups in total. The molecule has 0 atom stereocenters. The molecule has 0 unspecified atom stereocenters. The van der Waals surface area contributed by atoms with Crippen molar-refractivity contribution in [2.45, 2.75) is 32.6 Å². The second-order valence-corrected chi connectivity index (χ2v) is 3.20. The van der Waals surface area contributed by atoms with Crippen LogP contribution in [0.3, 0.4) is 0 Å². The number of nitrogens with zero attached hydrogens (tertiary/aromatic N) is 1. The lowest BCUT2D eigenvalue weighted by atomic mass is 10.1. The van der Waals surface area contributed by atoms with Gasteiger partial charge in [0.05, 0.1) is 0 Å². The minimum absolute atomic E-state index is 1.15. The molecule has 1 nitrogen and oxygen atoms in total. The summed E-state index contributed by atoms with van der Waals surface area (Å²) in [5.41, 5.74) is 1.33. The predicted octanol–water partition coefficient (Wildman–Crippen LogP) is 3.65. The molecule has 0 aromatic rings. The van der Waals surface area contributed by atoms with Crippen LogP contribution in [0, 0.1) is 0 Å². The van der Waals surface area contributed by atoms with Crippen LogP contribution in [0.2, 0.25) is 0 Å². The van der Waals surface area contributed by atoms with Gasteiger partial charge in [0.1, 0.15) is 0 Å². The summed E-state index contributed by atoms with van der Waals surface area (Å²) in [5.74, 6) is 0. The van der Waals surface area contributed by atoms with E-state index in [-0.39, 0.29) is 0 Å². The molecule has 0 aromatic carbocycles. The molecule has 1 rings (SSSR count). The lowest BCUT2D eigenvalue weighted by Crippen LogP contribution is -1.86. The van der Waals surface area contributed by atoms with Crippen LogP contribution < -0.4 is 0 Å². The fourth-order valence-electron chi connectivity index (χ4n) is 1.25. The molecule has 1 aliphatic rings. The highest BCUT2D eigenvalue weighted by atomic mass is 14.7. The van der Waals surface area contributed by atoms with Crippen molar-refractivity contribution >= 4 is 6.21 Å². The lowest BCUT2D eigenvalue weighted by molar-refractivity contribution is 0.723. The fourth-order valence-corrected chi connectivity index (χ4v) is 1.25. The van der Waals surface area contributed by atoms with Crippen molar-refractivity contribution in [3.63, 3.8) is 0 Å². The van der Waals surface area contributed by atoms with Crippen molar-refractivity contribution in [1.82, 2.24) is 0 Å². The molecule has 1 heteroatoms. The molecule has 1 aliphatic heterocycles. The number of unbranched alkanes of at least 4 members (excludes halogenated alkanes) is 2. The van der Waals surface area contributed by atoms with Crippen LogP contribution in [0.15, 0.2) is 41.1 Å². The first-order valence-corrected chi connectivity index (χ1v) is 4.99. The van der Waals surface area contributed by atoms with E-state index in [4.69, 9.17) is 0 Å². The van der Waals surface area contributed by atoms with Crippen molar-refractivity contribution in [2.75, 3.05) is 0 Å². The van der Waals surface area contributed by atoms with Gasteiger partial charge in [-0.15, -0.1) is 0 Å². The molecule has 0 fully saturated rings. The number of hydrogen-bond donors (Lipinski definition) is 0. The Morgan fingerprint density at radius 2 is 2.08 bits per heavy atom. The average molecular weight is 175 g/mol. The third kappa shape index (κ3) is 4.46. The van der Waals surface area contributed by atoms with E-state index in [1.54, 1.807) is 0 Å². The van der Waals surface area contributed by atoms with Crippen LogP contribution in [0.4, 0.5) is 0 Å². The van der Waals surface area contributed by atoms with Crippen LogP contribution in [0.5, 0.6) is 0 Å². The van der Waals surface area contributed by atoms with Gasteiger partial charge < -0.3 is 0 Å². The van der Waals surface area contributed by atoms with E-state index in [0.29, 0.717) is 0 Å². The van der Waals surface area contributed by atoms with Crippen LogP contribution in [0.1, 0.15) is 32.6 Å². The monoisotopic (exact) mass is 175 g/mol. The van der Waals surface area contributed by atoms with Crippen LogP contribution in [-0.2, 0) is 0 Å². The summed E-state index contributed by atoms with van der Waals surface area (Å²) in [7, 11) is 0. The molecule has 0 amide bonds. The Bertz CT molecular complexity index is 244. The first-order valence-electron chi connectivity index (χ1n) is 4.99. The molecular formula is C12H17N. The minimum Gasteiger partial charge on any atom is -0.264 e. The van der Waals surface area contributed by atoms with E-state index in [9.17, 15) is 0 Å². The van der Waals surface area contributed by atoms with Gasteiger partial charge in [-0.2, -0.15) is 0 Å². The minimum atomic E-state index is 1.15. The third-order valence-corrected chi connectivity index (χ3v) is 2.01. The molecule has 13 heavy (non-hydrogen) atoms. The zero-order chi connectivity index (χ0) is 9.36. The van der Waals surface area contributed by atoms with Crippen molar-refractivity contribution in [3.05, 3.63) is 36.1 Å². The second-order valence-electron chi connectivity index (χ2n) is 3.20. The van der Waals surface area contributed by atoms with E-state index in [2.05, 4.69) is 24.1 Å². The highest BCUT2D eigenvalue weighted by Crippen LogP contribution is 2.08. The molecular weight excluding hydrogens is 158 g/mol. The maximum atomic E-state index is 4.17. The summed E-state index contributed by atoms with van der Waals surface area (Å²) in [6.45, 7) is 2.23. The van der Waals surface area contributed by atoms with E-state index in [1.807, 2.05) is 24.6 Å². The van der Waals surface area contributed by atoms with Gasteiger partial charge in [0.15, 0.2) is 0 Å². The zero-order valence-electron chi connectivity index (χ0n) is 8.24. The van der Waals surface area contributed by atoms with Crippen LogP contribution in [0.25, 0.3) is 0 Å². The van der Waals surface area contributed by atoms with Crippen molar-refractivity contribution in [1.29, 1.82) is 0 Å². The highest BCUT2D eigenvalue weighted by Gasteiger charge is 1.92. The van der Waals surface area contributed by atoms with Crippen molar-refractivity contribution in [3.8, 4) is 0 Å². The molecule has 0 aliphatic carbocycles. The van der Waals surface area contributed by atoms with Gasteiger partial charge in [-0.25, -0.2) is 0 Å². The largest absolute Gasteiger partial charge is 0.264 e. The van der Waals surface area contributed by atoms with E-state index in [1.165, 1.54) is 24.8 Å². The van der Waals surface area contributed by atoms with E-state index >= 15 is 0 Å². The molecule has 0 spiro atoms. The Kier molecular flexibility index (Phi) is 4.92. The Balaban J connectivity index is 2.39. The van der Waals surface area contributed by atoms with Gasteiger partial charge in [-0.1, -0.05) is 38.0 Å². The number of hydrogen-bond acceptors (Lipinski definition) is 1. The molecule has 0 aromatic heterocycles. The van der Waals surface area contributed by atoms with Crippen LogP contribution >= 0.6 is 0 Å². The molecule has 0 saturated carbocycles. The van der Waals surface area contributed by atoms with Crippen molar-refractivity contribution in [2.24, 2.45) is 4.99 Å². The maximum Gasteiger partial charge on any atom is 0.0299 e. The first kappa shape index (κ1) is 9.97. The van der Waals surface area contributed by atoms with Gasteiger partial charge in [-0.3, -0.25) is 4.99 Å². The zero-order valence-corrected chi connectivity index (χ0v) is 8.24. The summed E-state index contributed by atoms with van der Waals surface area (Å²) in [4.78, 5) is 4.17. The number of rotatable bonds is 4. The number of allylic oxidation sites excluding steroid dienone is 5. The molecule has 1 heterocycles. The maximum absolute atomic E-state index is 4.17. The number of aliphatic imine (C=N–C) groups is 1. The molecule has 0 bridgehead atoms. The Labute approximate surface area is 80.6 Å². The summed E-state index contributed by atoms with van der Waals surface area (Å²) >= 11 is 0. The Hall–Kier alpha value is -1.11. The summed E-state index contributed by atoms with van der Waals surface area (Å²) in [6.07, 6.45) is 16.9. The lowest BCUT2D eigenvalue weighted by Gasteiger charge is -1.99. The van der Waals surface area contributed by atoms with Crippen molar-refractivity contribution < 1.29 is 0 Å².